The summed E-state index contributed by atoms with van der Waals surface area (Å²) in [5.41, 5.74) is 5.45. The maximum Gasteiger partial charge on any atom is 0.284 e. The van der Waals surface area contributed by atoms with E-state index in [2.05, 4.69) is 6.92 Å². The average Bonchev–Trinajstić information content (AvgIpc) is 2.17. The normalized spacial score (nSPS) is 14.1. The Morgan fingerprint density at radius 3 is 2.64 bits per heavy atom. The summed E-state index contributed by atoms with van der Waals surface area (Å²) >= 11 is 0. The largest absolute Gasteiger partial charge is 0.449 e. The fraction of sp³-hybridized carbons (Fsp3) is 1.00. The topological polar surface area (TPSA) is 88.7 Å². The Balaban J connectivity index is 0. The molecule has 1 unspecified atom stereocenters. The van der Waals surface area contributed by atoms with Crippen LogP contribution in [-0.4, -0.2) is 46.1 Å². The fourth-order valence-electron chi connectivity index (χ4n) is 1.01. The zero-order valence-corrected chi connectivity index (χ0v) is 15.3. The third kappa shape index (κ3) is 10.7. The van der Waals surface area contributed by atoms with Crippen LogP contribution in [-0.2, 0) is 12.3 Å². The number of hydrogen-bond donors (Lipinski definition) is 2. The molecular weight excluding hydrogens is 248 g/mol. The van der Waals surface area contributed by atoms with Gasteiger partial charge in [-0.3, -0.25) is 0 Å². The van der Waals surface area contributed by atoms with E-state index in [1.54, 1.807) is 0 Å². The molecule has 5 nitrogen and oxygen atoms in total. The van der Waals surface area contributed by atoms with Gasteiger partial charge in [0.1, 0.15) is 10.5 Å². The quantitative estimate of drug-likeness (QED) is 0.360. The highest BCUT2D eigenvalue weighted by Gasteiger charge is 2.07. The van der Waals surface area contributed by atoms with Crippen LogP contribution in [0.15, 0.2) is 0 Å². The van der Waals surface area contributed by atoms with E-state index in [1.807, 2.05) is 0 Å². The standard InChI is InChI=1S/C5H21NO3Si4.H3N/c1-2-13(5-3-4-6)9-12-8-11-7-10;/h13H,2-6,11-12H2,1,10H3;1H3. The van der Waals surface area contributed by atoms with E-state index >= 15 is 0 Å². The van der Waals surface area contributed by atoms with Gasteiger partial charge in [-0.15, -0.1) is 0 Å². The number of hydrogen-bond acceptors (Lipinski definition) is 5. The molecule has 0 spiro atoms. The van der Waals surface area contributed by atoms with Crippen LogP contribution in [0.1, 0.15) is 13.3 Å². The first-order valence-corrected chi connectivity index (χ1v) is 9.96. The summed E-state index contributed by atoms with van der Waals surface area (Å²) in [6.45, 7) is 2.98. The minimum Gasteiger partial charge on any atom is -0.449 e. The monoisotopic (exact) mass is 272 g/mol. The fourth-order valence-corrected chi connectivity index (χ4v) is 8.18. The molecule has 0 aliphatic rings. The first kappa shape index (κ1) is 17.1. The van der Waals surface area contributed by atoms with E-state index in [0.717, 1.165) is 23.5 Å². The van der Waals surface area contributed by atoms with Crippen LogP contribution in [0.3, 0.4) is 0 Å². The van der Waals surface area contributed by atoms with Gasteiger partial charge in [0.2, 0.25) is 0 Å². The predicted molar refractivity (Wildman–Crippen MR) is 71.4 cm³/mol. The van der Waals surface area contributed by atoms with Gasteiger partial charge in [-0.1, -0.05) is 6.92 Å². The summed E-state index contributed by atoms with van der Waals surface area (Å²) in [5, 5.41) is 0. The Hall–Kier alpha value is 0.668. The molecule has 9 heteroatoms. The molecule has 0 radical (unpaired) electrons. The second-order valence-electron chi connectivity index (χ2n) is 2.86. The molecule has 0 bridgehead atoms. The molecule has 0 heterocycles. The van der Waals surface area contributed by atoms with Crippen molar-refractivity contribution in [3.05, 3.63) is 0 Å². The van der Waals surface area contributed by atoms with Crippen LogP contribution in [0.4, 0.5) is 0 Å². The van der Waals surface area contributed by atoms with Crippen LogP contribution in [0, 0.1) is 0 Å². The molecule has 0 aromatic carbocycles. The minimum absolute atomic E-state index is 0. The van der Waals surface area contributed by atoms with Crippen molar-refractivity contribution < 1.29 is 12.3 Å². The van der Waals surface area contributed by atoms with Gasteiger partial charge < -0.3 is 24.2 Å². The van der Waals surface area contributed by atoms with Crippen molar-refractivity contribution in [1.29, 1.82) is 0 Å². The van der Waals surface area contributed by atoms with Crippen LogP contribution < -0.4 is 11.9 Å². The zero-order chi connectivity index (χ0) is 9.94. The maximum atomic E-state index is 5.77. The minimum atomic E-state index is -0.939. The Labute approximate surface area is 96.1 Å². The van der Waals surface area contributed by atoms with Crippen LogP contribution in [0.25, 0.3) is 0 Å². The summed E-state index contributed by atoms with van der Waals surface area (Å²) in [6.07, 6.45) is 1.10. The molecule has 0 saturated heterocycles. The highest BCUT2D eigenvalue weighted by atomic mass is 28.4. The molecule has 0 aliphatic heterocycles. The van der Waals surface area contributed by atoms with E-state index in [9.17, 15) is 0 Å². The molecule has 0 aromatic rings. The average molecular weight is 273 g/mol. The first-order valence-electron chi connectivity index (χ1n) is 4.73. The molecule has 14 heavy (non-hydrogen) atoms. The Kier molecular flexibility index (Phi) is 16.7. The van der Waals surface area contributed by atoms with E-state index in [0.29, 0.717) is 0 Å². The maximum absolute atomic E-state index is 5.77. The lowest BCUT2D eigenvalue weighted by Gasteiger charge is -2.13. The summed E-state index contributed by atoms with van der Waals surface area (Å²) in [7, 11) is -1.49. The molecule has 88 valence electrons. The molecule has 0 saturated carbocycles. The molecule has 5 N–H and O–H groups in total. The molecule has 0 rings (SSSR count). The van der Waals surface area contributed by atoms with Gasteiger partial charge in [0, 0.05) is 0 Å². The second kappa shape index (κ2) is 13.7. The zero-order valence-electron chi connectivity index (χ0n) is 9.33. The molecule has 0 amide bonds. The van der Waals surface area contributed by atoms with Gasteiger partial charge in [0.25, 0.3) is 20.0 Å². The summed E-state index contributed by atoms with van der Waals surface area (Å²) in [5.74, 6) is 0. The SMILES string of the molecule is CC[SiH](CCCN)O[SiH2]O[SiH2]O[SiH3].N. The lowest BCUT2D eigenvalue weighted by atomic mass is 10.5. The molecule has 0 aromatic heterocycles. The van der Waals surface area contributed by atoms with Crippen molar-refractivity contribution >= 4 is 39.5 Å². The highest BCUT2D eigenvalue weighted by Crippen LogP contribution is 2.02. The van der Waals surface area contributed by atoms with E-state index in [1.165, 1.54) is 12.1 Å². The van der Waals surface area contributed by atoms with Gasteiger partial charge in [0.05, 0.1) is 0 Å². The summed E-state index contributed by atoms with van der Waals surface area (Å²) < 4.78 is 16.2. The highest BCUT2D eigenvalue weighted by molar-refractivity contribution is 6.58. The van der Waals surface area contributed by atoms with Crippen molar-refractivity contribution in [3.63, 3.8) is 0 Å². The third-order valence-electron chi connectivity index (χ3n) is 1.77. The third-order valence-corrected chi connectivity index (χ3v) is 8.44. The number of nitrogens with two attached hydrogens (primary N) is 1. The van der Waals surface area contributed by atoms with Crippen LogP contribution in [0.2, 0.25) is 12.1 Å². The van der Waals surface area contributed by atoms with Crippen molar-refractivity contribution in [1.82, 2.24) is 6.15 Å². The van der Waals surface area contributed by atoms with E-state index in [-0.39, 0.29) is 6.15 Å². The van der Waals surface area contributed by atoms with Crippen molar-refractivity contribution in [2.75, 3.05) is 6.54 Å². The summed E-state index contributed by atoms with van der Waals surface area (Å²) in [4.78, 5) is 0. The van der Waals surface area contributed by atoms with Crippen molar-refractivity contribution in [3.8, 4) is 0 Å². The van der Waals surface area contributed by atoms with Crippen LogP contribution in [0.5, 0.6) is 0 Å². The molecule has 0 aliphatic carbocycles. The van der Waals surface area contributed by atoms with Crippen molar-refractivity contribution in [2.45, 2.75) is 25.4 Å². The Morgan fingerprint density at radius 1 is 1.43 bits per heavy atom. The number of rotatable bonds is 9. The van der Waals surface area contributed by atoms with Crippen molar-refractivity contribution in [2.24, 2.45) is 5.73 Å². The van der Waals surface area contributed by atoms with Gasteiger partial charge >= 0.3 is 0 Å². The Bertz CT molecular complexity index is 113. The van der Waals surface area contributed by atoms with E-state index < -0.39 is 29.1 Å². The predicted octanol–water partition coefficient (Wildman–Crippen LogP) is -2.43. The smallest absolute Gasteiger partial charge is 0.284 e. The van der Waals surface area contributed by atoms with Gasteiger partial charge in [-0.25, -0.2) is 0 Å². The molecule has 0 fully saturated rings. The molecule has 1 atom stereocenters. The second-order valence-corrected chi connectivity index (χ2v) is 11.2. The van der Waals surface area contributed by atoms with Gasteiger partial charge in [-0.2, -0.15) is 0 Å². The summed E-state index contributed by atoms with van der Waals surface area (Å²) in [6, 6.07) is 2.40. The van der Waals surface area contributed by atoms with Gasteiger partial charge in [0.15, 0.2) is 9.04 Å². The van der Waals surface area contributed by atoms with E-state index in [4.69, 9.17) is 18.1 Å². The lowest BCUT2D eigenvalue weighted by molar-refractivity contribution is 0.430. The molecular formula is C5H24N2O3Si4. The first-order chi connectivity index (χ1) is 6.35. The lowest BCUT2D eigenvalue weighted by Crippen LogP contribution is -2.23. The van der Waals surface area contributed by atoms with Gasteiger partial charge in [-0.05, 0) is 25.1 Å². The van der Waals surface area contributed by atoms with Crippen LogP contribution >= 0.6 is 0 Å². The Morgan fingerprint density at radius 2 is 2.14 bits per heavy atom.